The third-order valence-corrected chi connectivity index (χ3v) is 1.44. The van der Waals surface area contributed by atoms with E-state index in [0.29, 0.717) is 0 Å². The Morgan fingerprint density at radius 3 is 0.833 bits per heavy atom. The first-order valence-corrected chi connectivity index (χ1v) is 3.82. The van der Waals surface area contributed by atoms with Gasteiger partial charge >= 0.3 is 0 Å². The summed E-state index contributed by atoms with van der Waals surface area (Å²) in [6.45, 7) is 2.48. The van der Waals surface area contributed by atoms with Crippen molar-refractivity contribution in [1.82, 2.24) is 0 Å². The van der Waals surface area contributed by atoms with Crippen molar-refractivity contribution in [3.05, 3.63) is 0 Å². The molecule has 0 saturated heterocycles. The van der Waals surface area contributed by atoms with Gasteiger partial charge in [0, 0.05) is 0 Å². The van der Waals surface area contributed by atoms with E-state index in [9.17, 15) is 0 Å². The number of quaternary nitrogens is 2. The van der Waals surface area contributed by atoms with Crippen molar-refractivity contribution in [3.63, 3.8) is 0 Å². The molecule has 0 rings (SSSR count). The monoisotopic (exact) mass is 400 g/mol. The van der Waals surface area contributed by atoms with E-state index in [0.717, 1.165) is 8.97 Å². The highest BCUT2D eigenvalue weighted by Crippen LogP contribution is 1.94. The molecule has 0 amide bonds. The topological polar surface area (TPSA) is 0 Å². The standard InChI is InChI=1S/C8H22N2.2HI/c1-9(2,3)7-8-10(4,5)6;;/h7-8H2,1-6H3;2*1H/q+2;;/p-2. The fourth-order valence-electron chi connectivity index (χ4n) is 0.600. The SMILES string of the molecule is C[N+](C)(C)CC[N+](C)(C)C.[I-].[I-]. The van der Waals surface area contributed by atoms with E-state index in [1.165, 1.54) is 13.1 Å². The Morgan fingerprint density at radius 1 is 0.583 bits per heavy atom. The molecule has 0 aliphatic carbocycles. The van der Waals surface area contributed by atoms with Gasteiger partial charge in [-0.2, -0.15) is 0 Å². The van der Waals surface area contributed by atoms with Gasteiger partial charge in [0.05, 0.1) is 42.3 Å². The number of likely N-dealkylation sites (N-methyl/N-ethyl adjacent to an activating group) is 2. The van der Waals surface area contributed by atoms with E-state index in [4.69, 9.17) is 0 Å². The van der Waals surface area contributed by atoms with E-state index in [1.807, 2.05) is 0 Å². The molecule has 0 heterocycles. The first kappa shape index (κ1) is 19.0. The van der Waals surface area contributed by atoms with Crippen LogP contribution in [0.25, 0.3) is 0 Å². The number of hydrogen-bond donors (Lipinski definition) is 0. The second-order valence-electron chi connectivity index (χ2n) is 5.03. The number of rotatable bonds is 3. The van der Waals surface area contributed by atoms with Crippen LogP contribution in [0.2, 0.25) is 0 Å². The quantitative estimate of drug-likeness (QED) is 0.328. The van der Waals surface area contributed by atoms with Crippen molar-refractivity contribution in [3.8, 4) is 0 Å². The minimum absolute atomic E-state index is 0. The second kappa shape index (κ2) is 6.78. The van der Waals surface area contributed by atoms with Gasteiger partial charge in [0.25, 0.3) is 0 Å². The summed E-state index contributed by atoms with van der Waals surface area (Å²) in [5.41, 5.74) is 0. The molecule has 0 aromatic rings. The summed E-state index contributed by atoms with van der Waals surface area (Å²) in [6.07, 6.45) is 0. The third-order valence-electron chi connectivity index (χ3n) is 1.44. The van der Waals surface area contributed by atoms with Crippen LogP contribution in [0.3, 0.4) is 0 Å². The molecular formula is C8H22I2N2. The van der Waals surface area contributed by atoms with Crippen LogP contribution < -0.4 is 48.0 Å². The molecule has 4 heteroatoms. The molecule has 78 valence electrons. The lowest BCUT2D eigenvalue weighted by atomic mass is 10.4. The van der Waals surface area contributed by atoms with Crippen molar-refractivity contribution in [2.75, 3.05) is 55.4 Å². The molecule has 0 saturated carbocycles. The number of halogens is 2. The molecule has 0 fully saturated rings. The van der Waals surface area contributed by atoms with E-state index < -0.39 is 0 Å². The van der Waals surface area contributed by atoms with E-state index in [-0.39, 0.29) is 48.0 Å². The van der Waals surface area contributed by atoms with Gasteiger partial charge < -0.3 is 56.9 Å². The molecule has 0 bridgehead atoms. The minimum atomic E-state index is 0. The molecule has 12 heavy (non-hydrogen) atoms. The van der Waals surface area contributed by atoms with Gasteiger partial charge in [0.15, 0.2) is 0 Å². The van der Waals surface area contributed by atoms with Crippen LogP contribution in [-0.4, -0.2) is 64.3 Å². The number of nitrogens with zero attached hydrogens (tertiary/aromatic N) is 2. The molecule has 0 unspecified atom stereocenters. The van der Waals surface area contributed by atoms with Crippen molar-refractivity contribution < 1.29 is 56.9 Å². The average Bonchev–Trinajstić information content (AvgIpc) is 1.57. The van der Waals surface area contributed by atoms with Crippen LogP contribution in [0.1, 0.15) is 0 Å². The van der Waals surface area contributed by atoms with E-state index in [2.05, 4.69) is 42.3 Å². The lowest BCUT2D eigenvalue weighted by Gasteiger charge is -2.30. The van der Waals surface area contributed by atoms with Crippen molar-refractivity contribution in [2.45, 2.75) is 0 Å². The Bertz CT molecular complexity index is 88.6. The molecule has 0 aliphatic rings. The first-order chi connectivity index (χ1) is 4.21. The molecule has 0 N–H and O–H groups in total. The Balaban J connectivity index is -0.000000405. The maximum Gasteiger partial charge on any atom is 0.128 e. The Hall–Kier alpha value is 1.38. The molecule has 0 radical (unpaired) electrons. The molecular weight excluding hydrogens is 378 g/mol. The van der Waals surface area contributed by atoms with Crippen molar-refractivity contribution >= 4 is 0 Å². The summed E-state index contributed by atoms with van der Waals surface area (Å²) < 4.78 is 2.13. The highest BCUT2D eigenvalue weighted by atomic mass is 127. The minimum Gasteiger partial charge on any atom is -1.00 e. The van der Waals surface area contributed by atoms with Gasteiger partial charge in [-0.05, 0) is 0 Å². The van der Waals surface area contributed by atoms with Crippen molar-refractivity contribution in [1.29, 1.82) is 0 Å². The zero-order valence-corrected chi connectivity index (χ0v) is 13.4. The second-order valence-corrected chi connectivity index (χ2v) is 5.03. The number of hydrogen-bond acceptors (Lipinski definition) is 0. The summed E-state index contributed by atoms with van der Waals surface area (Å²) in [6, 6.07) is 0. The van der Waals surface area contributed by atoms with Crippen LogP contribution in [0.5, 0.6) is 0 Å². The summed E-state index contributed by atoms with van der Waals surface area (Å²) in [5, 5.41) is 0. The largest absolute Gasteiger partial charge is 1.00 e. The lowest BCUT2D eigenvalue weighted by molar-refractivity contribution is -0.927. The van der Waals surface area contributed by atoms with Crippen LogP contribution in [0, 0.1) is 0 Å². The third kappa shape index (κ3) is 17.5. The van der Waals surface area contributed by atoms with E-state index in [1.54, 1.807) is 0 Å². The highest BCUT2D eigenvalue weighted by Gasteiger charge is 2.13. The van der Waals surface area contributed by atoms with Gasteiger partial charge in [-0.1, -0.05) is 0 Å². The van der Waals surface area contributed by atoms with Gasteiger partial charge in [-0.25, -0.2) is 0 Å². The lowest BCUT2D eigenvalue weighted by Crippen LogP contribution is -3.00. The average molecular weight is 400 g/mol. The maximum absolute atomic E-state index is 2.23. The van der Waals surface area contributed by atoms with Gasteiger partial charge in [-0.3, -0.25) is 0 Å². The fourth-order valence-corrected chi connectivity index (χ4v) is 0.600. The predicted octanol–water partition coefficient (Wildman–Crippen LogP) is -5.59. The molecule has 0 aliphatic heterocycles. The van der Waals surface area contributed by atoms with Crippen molar-refractivity contribution in [2.24, 2.45) is 0 Å². The first-order valence-electron chi connectivity index (χ1n) is 3.82. The summed E-state index contributed by atoms with van der Waals surface area (Å²) >= 11 is 0. The zero-order chi connectivity index (χ0) is 8.41. The highest BCUT2D eigenvalue weighted by molar-refractivity contribution is 4.26. The molecule has 0 aromatic heterocycles. The van der Waals surface area contributed by atoms with Gasteiger partial charge in [-0.15, -0.1) is 0 Å². The maximum atomic E-state index is 2.23. The summed E-state index contributed by atoms with van der Waals surface area (Å²) in [4.78, 5) is 0. The fraction of sp³-hybridized carbons (Fsp3) is 1.00. The smallest absolute Gasteiger partial charge is 0.128 e. The predicted molar refractivity (Wildman–Crippen MR) is 45.8 cm³/mol. The van der Waals surface area contributed by atoms with Gasteiger partial charge in [0.1, 0.15) is 13.1 Å². The van der Waals surface area contributed by atoms with E-state index >= 15 is 0 Å². The molecule has 0 aromatic carbocycles. The summed E-state index contributed by atoms with van der Waals surface area (Å²) in [5.74, 6) is 0. The normalized spacial score (nSPS) is 11.5. The Morgan fingerprint density at radius 2 is 0.750 bits per heavy atom. The zero-order valence-electron chi connectivity index (χ0n) is 9.06. The molecule has 2 nitrogen and oxygen atoms in total. The molecule has 0 atom stereocenters. The summed E-state index contributed by atoms with van der Waals surface area (Å²) in [7, 11) is 13.4. The Labute approximate surface area is 112 Å². The van der Waals surface area contributed by atoms with Crippen LogP contribution >= 0.6 is 0 Å². The Kier molecular flexibility index (Phi) is 10.8. The van der Waals surface area contributed by atoms with Crippen LogP contribution in [0.15, 0.2) is 0 Å². The van der Waals surface area contributed by atoms with Crippen LogP contribution in [-0.2, 0) is 0 Å². The molecule has 0 spiro atoms. The van der Waals surface area contributed by atoms with Gasteiger partial charge in [0.2, 0.25) is 0 Å². The van der Waals surface area contributed by atoms with Crippen LogP contribution in [0.4, 0.5) is 0 Å².